The number of ether oxygens (including phenoxy) is 2. The number of amides is 1. The van der Waals surface area contributed by atoms with E-state index in [0.29, 0.717) is 25.3 Å². The Balaban J connectivity index is 0.000000186. The van der Waals surface area contributed by atoms with Crippen molar-refractivity contribution in [2.45, 2.75) is 26.3 Å². The zero-order valence-corrected chi connectivity index (χ0v) is 17.3. The van der Waals surface area contributed by atoms with E-state index in [1.165, 1.54) is 5.56 Å². The number of nitriles is 1. The number of carbonyl (C=O) groups excluding carboxylic acids is 2. The van der Waals surface area contributed by atoms with Crippen molar-refractivity contribution in [3.63, 3.8) is 0 Å². The smallest absolute Gasteiger partial charge is 0.410 e. The average Bonchev–Trinajstić information content (AvgIpc) is 3.36. The highest BCUT2D eigenvalue weighted by atomic mass is 32.1. The fourth-order valence-corrected chi connectivity index (χ4v) is 4.49. The van der Waals surface area contributed by atoms with Gasteiger partial charge in [0, 0.05) is 30.5 Å². The topological polar surface area (TPSA) is 91.7 Å². The van der Waals surface area contributed by atoms with Crippen molar-refractivity contribution >= 4 is 28.7 Å². The van der Waals surface area contributed by atoms with E-state index >= 15 is 0 Å². The molecule has 0 bridgehead atoms. The fraction of sp³-hybridized carbons (Fsp3) is 0.381. The number of hydrogen-bond donors (Lipinski definition) is 1. The van der Waals surface area contributed by atoms with Crippen molar-refractivity contribution < 1.29 is 19.1 Å². The van der Waals surface area contributed by atoms with E-state index in [9.17, 15) is 9.59 Å². The van der Waals surface area contributed by atoms with Crippen molar-refractivity contribution in [1.29, 1.82) is 5.26 Å². The van der Waals surface area contributed by atoms with Crippen LogP contribution >= 0.6 is 11.3 Å². The standard InChI is InChI=1S/C12H15N3O2S.C9H8O2/c1-3-17-12(16)15-5-4-8-9(6-13)11(14-2)18-10(8)7-15;10-6-7-1-2-8-3-4-11-9(8)5-7/h14H,3-5,7H2,1-2H3;1-2,5-6H,3-4H2. The number of hydrogen-bond acceptors (Lipinski definition) is 7. The Morgan fingerprint density at radius 2 is 2.28 bits per heavy atom. The van der Waals surface area contributed by atoms with Crippen LogP contribution < -0.4 is 10.1 Å². The number of nitrogens with zero attached hydrogens (tertiary/aromatic N) is 2. The molecular formula is C21H23N3O4S. The van der Waals surface area contributed by atoms with E-state index in [0.717, 1.165) is 52.5 Å². The molecule has 1 aromatic carbocycles. The summed E-state index contributed by atoms with van der Waals surface area (Å²) in [7, 11) is 1.81. The minimum absolute atomic E-state index is 0.277. The Kier molecular flexibility index (Phi) is 6.73. The lowest BCUT2D eigenvalue weighted by atomic mass is 10.0. The normalized spacial score (nSPS) is 13.8. The third-order valence-electron chi connectivity index (χ3n) is 4.78. The van der Waals surface area contributed by atoms with Crippen molar-refractivity contribution in [2.24, 2.45) is 0 Å². The lowest BCUT2D eigenvalue weighted by Crippen LogP contribution is -2.35. The fourth-order valence-electron chi connectivity index (χ4n) is 3.32. The summed E-state index contributed by atoms with van der Waals surface area (Å²) >= 11 is 1.54. The largest absolute Gasteiger partial charge is 0.493 e. The first kappa shape index (κ1) is 20.7. The molecule has 0 fully saturated rings. The van der Waals surface area contributed by atoms with Gasteiger partial charge < -0.3 is 19.7 Å². The van der Waals surface area contributed by atoms with E-state index < -0.39 is 0 Å². The van der Waals surface area contributed by atoms with E-state index in [1.807, 2.05) is 12.1 Å². The Morgan fingerprint density at radius 1 is 1.45 bits per heavy atom. The quantitative estimate of drug-likeness (QED) is 0.773. The summed E-state index contributed by atoms with van der Waals surface area (Å²) < 4.78 is 10.3. The molecule has 8 heteroatoms. The summed E-state index contributed by atoms with van der Waals surface area (Å²) in [4.78, 5) is 24.8. The number of fused-ring (bicyclic) bond motifs is 2. The second-order valence-electron chi connectivity index (χ2n) is 6.52. The summed E-state index contributed by atoms with van der Waals surface area (Å²) in [5.74, 6) is 0.870. The number of nitrogens with one attached hydrogen (secondary N) is 1. The Bertz CT molecular complexity index is 948. The van der Waals surface area contributed by atoms with Crippen LogP contribution in [0.15, 0.2) is 18.2 Å². The first-order chi connectivity index (χ1) is 14.1. The number of carbonyl (C=O) groups is 2. The molecule has 0 atom stereocenters. The van der Waals surface area contributed by atoms with Gasteiger partial charge in [-0.15, -0.1) is 11.3 Å². The Morgan fingerprint density at radius 3 is 2.97 bits per heavy atom. The molecule has 1 aromatic heterocycles. The minimum atomic E-state index is -0.277. The van der Waals surface area contributed by atoms with Crippen LogP contribution in [0.5, 0.6) is 5.75 Å². The van der Waals surface area contributed by atoms with E-state index in [2.05, 4.69) is 11.4 Å². The van der Waals surface area contributed by atoms with Crippen LogP contribution in [0.4, 0.5) is 9.80 Å². The van der Waals surface area contributed by atoms with Crippen LogP contribution in [0.3, 0.4) is 0 Å². The second kappa shape index (κ2) is 9.43. The first-order valence-electron chi connectivity index (χ1n) is 9.46. The van der Waals surface area contributed by atoms with Crippen LogP contribution in [0, 0.1) is 11.3 Å². The van der Waals surface area contributed by atoms with Crippen molar-refractivity contribution in [3.05, 3.63) is 45.3 Å². The molecule has 0 radical (unpaired) electrons. The van der Waals surface area contributed by atoms with Crippen molar-refractivity contribution in [2.75, 3.05) is 32.1 Å². The highest BCUT2D eigenvalue weighted by molar-refractivity contribution is 7.16. The van der Waals surface area contributed by atoms with Gasteiger partial charge in [-0.3, -0.25) is 4.79 Å². The zero-order valence-electron chi connectivity index (χ0n) is 16.5. The molecule has 0 unspecified atom stereocenters. The van der Waals surface area contributed by atoms with Crippen LogP contribution in [0.25, 0.3) is 0 Å². The molecule has 0 spiro atoms. The van der Waals surface area contributed by atoms with Gasteiger partial charge in [0.25, 0.3) is 0 Å². The number of aldehydes is 1. The van der Waals surface area contributed by atoms with Gasteiger partial charge in [-0.25, -0.2) is 4.79 Å². The number of anilines is 1. The minimum Gasteiger partial charge on any atom is -0.493 e. The van der Waals surface area contributed by atoms with Gasteiger partial charge in [0.15, 0.2) is 0 Å². The van der Waals surface area contributed by atoms with E-state index in [-0.39, 0.29) is 6.09 Å². The Hall–Kier alpha value is -3.05. The molecule has 0 saturated heterocycles. The molecule has 0 aliphatic carbocycles. The predicted octanol–water partition coefficient (Wildman–Crippen LogP) is 3.61. The van der Waals surface area contributed by atoms with Crippen molar-refractivity contribution in [3.8, 4) is 11.8 Å². The first-order valence-corrected chi connectivity index (χ1v) is 10.3. The molecule has 1 amide bonds. The van der Waals surface area contributed by atoms with E-state index in [1.54, 1.807) is 36.3 Å². The van der Waals surface area contributed by atoms with Crippen molar-refractivity contribution in [1.82, 2.24) is 4.90 Å². The van der Waals surface area contributed by atoms with Crippen LogP contribution in [-0.4, -0.2) is 44.1 Å². The third kappa shape index (κ3) is 4.51. The highest BCUT2D eigenvalue weighted by Crippen LogP contribution is 2.36. The van der Waals surface area contributed by atoms with Crippen LogP contribution in [0.2, 0.25) is 0 Å². The SMILES string of the molecule is CCOC(=O)N1CCc2c(sc(NC)c2C#N)C1.O=Cc1ccc2c(c1)OCC2. The molecule has 0 saturated carbocycles. The summed E-state index contributed by atoms with van der Waals surface area (Å²) in [5, 5.41) is 13.1. The number of benzene rings is 1. The van der Waals surface area contributed by atoms with Gasteiger partial charge in [0.2, 0.25) is 0 Å². The van der Waals surface area contributed by atoms with Gasteiger partial charge in [0.1, 0.15) is 23.1 Å². The predicted molar refractivity (Wildman–Crippen MR) is 111 cm³/mol. The van der Waals surface area contributed by atoms with Gasteiger partial charge in [-0.05, 0) is 30.5 Å². The molecule has 29 heavy (non-hydrogen) atoms. The highest BCUT2D eigenvalue weighted by Gasteiger charge is 2.27. The number of thiophene rings is 1. The molecule has 3 heterocycles. The monoisotopic (exact) mass is 413 g/mol. The molecule has 2 aliphatic heterocycles. The maximum atomic E-state index is 11.7. The average molecular weight is 413 g/mol. The summed E-state index contributed by atoms with van der Waals surface area (Å²) in [6, 6.07) is 7.79. The molecular weight excluding hydrogens is 390 g/mol. The lowest BCUT2D eigenvalue weighted by molar-refractivity contribution is 0.103. The molecule has 1 N–H and O–H groups in total. The lowest BCUT2D eigenvalue weighted by Gasteiger charge is -2.25. The van der Waals surface area contributed by atoms with Gasteiger partial charge >= 0.3 is 6.09 Å². The molecule has 2 aromatic rings. The number of rotatable bonds is 3. The molecule has 2 aliphatic rings. The summed E-state index contributed by atoms with van der Waals surface area (Å²) in [6.07, 6.45) is 2.24. The zero-order chi connectivity index (χ0) is 20.8. The maximum absolute atomic E-state index is 11.7. The van der Waals surface area contributed by atoms with E-state index in [4.69, 9.17) is 14.7 Å². The summed E-state index contributed by atoms with van der Waals surface area (Å²) in [5.41, 5.74) is 3.69. The van der Waals surface area contributed by atoms with Crippen LogP contribution in [-0.2, 0) is 24.1 Å². The van der Waals surface area contributed by atoms with Gasteiger partial charge in [0.05, 0.1) is 25.3 Å². The third-order valence-corrected chi connectivity index (χ3v) is 6.01. The van der Waals surface area contributed by atoms with Crippen LogP contribution in [0.1, 0.15) is 38.8 Å². The Labute approximate surface area is 173 Å². The van der Waals surface area contributed by atoms with Gasteiger partial charge in [-0.2, -0.15) is 5.26 Å². The summed E-state index contributed by atoms with van der Waals surface area (Å²) in [6.45, 7) is 4.08. The maximum Gasteiger partial charge on any atom is 0.410 e. The second-order valence-corrected chi connectivity index (χ2v) is 7.63. The molecule has 7 nitrogen and oxygen atoms in total. The van der Waals surface area contributed by atoms with Gasteiger partial charge in [-0.1, -0.05) is 12.1 Å². The molecule has 152 valence electrons. The molecule has 4 rings (SSSR count).